The first-order valence-corrected chi connectivity index (χ1v) is 8.58. The fraction of sp³-hybridized carbons (Fsp3) is 0.368. The third-order valence-electron chi connectivity index (χ3n) is 4.37. The molecule has 25 heavy (non-hydrogen) atoms. The molecular weight excluding hydrogens is 316 g/mol. The molecule has 3 aromatic heterocycles. The molecule has 0 N–H and O–H groups in total. The zero-order valence-corrected chi connectivity index (χ0v) is 14.3. The normalized spacial score (nSPS) is 14.2. The number of hydrogen-bond acceptors (Lipinski definition) is 5. The fourth-order valence-corrected chi connectivity index (χ4v) is 2.87. The van der Waals surface area contributed by atoms with Crippen molar-refractivity contribution in [3.63, 3.8) is 0 Å². The summed E-state index contributed by atoms with van der Waals surface area (Å²) in [4.78, 5) is 21.6. The van der Waals surface area contributed by atoms with Crippen LogP contribution in [0, 0.1) is 0 Å². The molecule has 0 unspecified atom stereocenters. The number of fused-ring (bicyclic) bond motifs is 1. The Morgan fingerprint density at radius 2 is 2.20 bits per heavy atom. The van der Waals surface area contributed by atoms with Gasteiger partial charge in [-0.1, -0.05) is 6.07 Å². The molecule has 0 saturated heterocycles. The van der Waals surface area contributed by atoms with Crippen LogP contribution in [0.1, 0.15) is 60.4 Å². The lowest BCUT2D eigenvalue weighted by atomic mass is 10.1. The zero-order chi connectivity index (χ0) is 17.4. The maximum atomic E-state index is 12.7. The largest absolute Gasteiger partial charge is 0.456 e. The molecule has 0 spiro atoms. The molecule has 3 heterocycles. The smallest absolute Gasteiger partial charge is 0.339 e. The summed E-state index contributed by atoms with van der Waals surface area (Å²) in [5.74, 6) is 0.0884. The second kappa shape index (κ2) is 6.27. The van der Waals surface area contributed by atoms with Crippen molar-refractivity contribution in [2.24, 2.45) is 0 Å². The lowest BCUT2D eigenvalue weighted by molar-refractivity contribution is 0.0470. The highest BCUT2D eigenvalue weighted by molar-refractivity contribution is 6.02. The Morgan fingerprint density at radius 1 is 1.36 bits per heavy atom. The third kappa shape index (κ3) is 3.12. The first-order valence-electron chi connectivity index (χ1n) is 8.58. The van der Waals surface area contributed by atoms with Crippen LogP contribution in [-0.4, -0.2) is 25.7 Å². The second-order valence-corrected chi connectivity index (χ2v) is 6.69. The van der Waals surface area contributed by atoms with Crippen LogP contribution in [0.15, 0.2) is 36.7 Å². The lowest BCUT2D eigenvalue weighted by Crippen LogP contribution is -2.09. The van der Waals surface area contributed by atoms with E-state index in [-0.39, 0.29) is 18.6 Å². The first kappa shape index (κ1) is 15.7. The Bertz CT molecular complexity index is 914. The topological polar surface area (TPSA) is 69.9 Å². The van der Waals surface area contributed by atoms with Crippen LogP contribution in [0.2, 0.25) is 0 Å². The number of nitrogens with zero attached hydrogens (tertiary/aromatic N) is 4. The average molecular weight is 336 g/mol. The van der Waals surface area contributed by atoms with E-state index in [1.165, 1.54) is 0 Å². The number of esters is 1. The minimum absolute atomic E-state index is 0.153. The van der Waals surface area contributed by atoms with Crippen molar-refractivity contribution in [1.82, 2.24) is 19.7 Å². The summed E-state index contributed by atoms with van der Waals surface area (Å²) in [7, 11) is 0. The molecule has 1 aliphatic rings. The number of rotatable bonds is 5. The molecule has 0 radical (unpaired) electrons. The number of hydrogen-bond donors (Lipinski definition) is 0. The molecule has 1 fully saturated rings. The van der Waals surface area contributed by atoms with Gasteiger partial charge in [0.15, 0.2) is 5.65 Å². The van der Waals surface area contributed by atoms with Gasteiger partial charge in [0.25, 0.3) is 0 Å². The molecule has 0 amide bonds. The molecule has 3 aromatic rings. The van der Waals surface area contributed by atoms with E-state index < -0.39 is 0 Å². The molecule has 128 valence electrons. The minimum Gasteiger partial charge on any atom is -0.456 e. The van der Waals surface area contributed by atoms with Gasteiger partial charge in [0.05, 0.1) is 22.8 Å². The van der Waals surface area contributed by atoms with E-state index in [9.17, 15) is 4.79 Å². The van der Waals surface area contributed by atoms with Gasteiger partial charge in [-0.2, -0.15) is 5.10 Å². The van der Waals surface area contributed by atoms with E-state index in [0.29, 0.717) is 11.5 Å². The van der Waals surface area contributed by atoms with Crippen LogP contribution in [0.5, 0.6) is 0 Å². The van der Waals surface area contributed by atoms with Gasteiger partial charge in [-0.25, -0.2) is 14.5 Å². The Labute approximate surface area is 145 Å². The number of carbonyl (C=O) groups excluding carboxylic acids is 1. The highest BCUT2D eigenvalue weighted by atomic mass is 16.5. The van der Waals surface area contributed by atoms with Gasteiger partial charge in [-0.15, -0.1) is 0 Å². The molecule has 6 heteroatoms. The summed E-state index contributed by atoms with van der Waals surface area (Å²) in [6, 6.07) is 7.59. The van der Waals surface area contributed by atoms with Crippen molar-refractivity contribution in [1.29, 1.82) is 0 Å². The summed E-state index contributed by atoms with van der Waals surface area (Å²) in [5, 5.41) is 5.15. The number of aromatic nitrogens is 4. The second-order valence-electron chi connectivity index (χ2n) is 6.69. The molecule has 0 aromatic carbocycles. The molecule has 1 aliphatic carbocycles. The van der Waals surface area contributed by atoms with E-state index in [1.807, 2.05) is 28.9 Å². The van der Waals surface area contributed by atoms with Crippen molar-refractivity contribution in [3.05, 3.63) is 53.6 Å². The van der Waals surface area contributed by atoms with Crippen LogP contribution in [0.25, 0.3) is 11.0 Å². The van der Waals surface area contributed by atoms with Crippen LogP contribution in [0.4, 0.5) is 0 Å². The summed E-state index contributed by atoms with van der Waals surface area (Å²) >= 11 is 0. The van der Waals surface area contributed by atoms with E-state index in [1.54, 1.807) is 12.4 Å². The van der Waals surface area contributed by atoms with Crippen molar-refractivity contribution in [3.8, 4) is 0 Å². The van der Waals surface area contributed by atoms with Gasteiger partial charge in [0, 0.05) is 23.9 Å². The minimum atomic E-state index is -0.358. The van der Waals surface area contributed by atoms with Gasteiger partial charge in [0.2, 0.25) is 0 Å². The number of pyridine rings is 2. The molecule has 0 atom stereocenters. The average Bonchev–Trinajstić information content (AvgIpc) is 3.38. The summed E-state index contributed by atoms with van der Waals surface area (Å²) in [6.45, 7) is 4.26. The van der Waals surface area contributed by atoms with Crippen molar-refractivity contribution < 1.29 is 9.53 Å². The monoisotopic (exact) mass is 336 g/mol. The lowest BCUT2D eigenvalue weighted by Gasteiger charge is -2.10. The van der Waals surface area contributed by atoms with Gasteiger partial charge in [-0.3, -0.25) is 4.98 Å². The van der Waals surface area contributed by atoms with Crippen LogP contribution >= 0.6 is 0 Å². The molecule has 1 saturated carbocycles. The Morgan fingerprint density at radius 3 is 2.88 bits per heavy atom. The van der Waals surface area contributed by atoms with Crippen LogP contribution in [-0.2, 0) is 11.3 Å². The van der Waals surface area contributed by atoms with Gasteiger partial charge >= 0.3 is 5.97 Å². The maximum Gasteiger partial charge on any atom is 0.339 e. The number of ether oxygens (including phenoxy) is 1. The standard InChI is InChI=1S/C19H20N4O2/c1-12(2)23-18-16(10-21-23)15(9-17(22-18)13-6-7-13)19(24)25-11-14-5-3-4-8-20-14/h3-5,8-10,12-13H,6-7,11H2,1-2H3. The number of carbonyl (C=O) groups is 1. The molecule has 4 rings (SSSR count). The van der Waals surface area contributed by atoms with Crippen molar-refractivity contribution in [2.45, 2.75) is 45.3 Å². The van der Waals surface area contributed by atoms with Crippen LogP contribution < -0.4 is 0 Å². The third-order valence-corrected chi connectivity index (χ3v) is 4.37. The Kier molecular flexibility index (Phi) is 3.95. The van der Waals surface area contributed by atoms with E-state index in [4.69, 9.17) is 9.72 Å². The van der Waals surface area contributed by atoms with Crippen molar-refractivity contribution >= 4 is 17.0 Å². The first-order chi connectivity index (χ1) is 12.1. The van der Waals surface area contributed by atoms with Gasteiger partial charge in [0.1, 0.15) is 6.61 Å². The van der Waals surface area contributed by atoms with E-state index in [0.717, 1.165) is 35.3 Å². The van der Waals surface area contributed by atoms with Gasteiger partial charge < -0.3 is 4.74 Å². The zero-order valence-electron chi connectivity index (χ0n) is 14.3. The molecule has 0 bridgehead atoms. The summed E-state index contributed by atoms with van der Waals surface area (Å²) < 4.78 is 7.34. The highest BCUT2D eigenvalue weighted by Gasteiger charge is 2.28. The van der Waals surface area contributed by atoms with Crippen molar-refractivity contribution in [2.75, 3.05) is 0 Å². The SMILES string of the molecule is CC(C)n1ncc2c(C(=O)OCc3ccccn3)cc(C3CC3)nc21. The summed E-state index contributed by atoms with van der Waals surface area (Å²) in [6.07, 6.45) is 5.63. The van der Waals surface area contributed by atoms with Gasteiger partial charge in [-0.05, 0) is 44.9 Å². The molecule has 6 nitrogen and oxygen atoms in total. The molecular formula is C19H20N4O2. The predicted octanol–water partition coefficient (Wildman–Crippen LogP) is 3.64. The highest BCUT2D eigenvalue weighted by Crippen LogP contribution is 2.40. The maximum absolute atomic E-state index is 12.7. The predicted molar refractivity (Wildman–Crippen MR) is 93.2 cm³/mol. The molecule has 0 aliphatic heterocycles. The Balaban J connectivity index is 1.68. The van der Waals surface area contributed by atoms with E-state index in [2.05, 4.69) is 23.9 Å². The van der Waals surface area contributed by atoms with Crippen LogP contribution in [0.3, 0.4) is 0 Å². The Hall–Kier alpha value is -2.76. The fourth-order valence-electron chi connectivity index (χ4n) is 2.87. The van der Waals surface area contributed by atoms with E-state index >= 15 is 0 Å². The quantitative estimate of drug-likeness (QED) is 0.665. The summed E-state index contributed by atoms with van der Waals surface area (Å²) in [5.41, 5.74) is 2.97.